The lowest BCUT2D eigenvalue weighted by Crippen LogP contribution is -2.63. The molecule has 1 heterocycles. The van der Waals surface area contributed by atoms with Crippen LogP contribution in [0.5, 0.6) is 0 Å². The molecular weight excluding hydrogens is 444 g/mol. The highest BCUT2D eigenvalue weighted by Crippen LogP contribution is 2.59. The van der Waals surface area contributed by atoms with E-state index < -0.39 is 21.5 Å². The molecule has 3 atom stereocenters. The summed E-state index contributed by atoms with van der Waals surface area (Å²) in [6, 6.07) is 7.93. The van der Waals surface area contributed by atoms with Gasteiger partial charge in [-0.15, -0.1) is 0 Å². The number of primary amides is 1. The number of carbonyl (C=O) groups is 2. The van der Waals surface area contributed by atoms with Gasteiger partial charge in [0, 0.05) is 24.5 Å². The van der Waals surface area contributed by atoms with Gasteiger partial charge in [-0.3, -0.25) is 9.59 Å². The molecule has 9 nitrogen and oxygen atoms in total. The first-order valence-corrected chi connectivity index (χ1v) is 12.9. The number of nitrogens with one attached hydrogen (secondary N) is 1. The van der Waals surface area contributed by atoms with Crippen molar-refractivity contribution < 1.29 is 22.7 Å². The number of hydrogen-bond acceptors (Lipinski definition) is 6. The molecule has 10 heteroatoms. The van der Waals surface area contributed by atoms with Crippen molar-refractivity contribution in [2.45, 2.75) is 49.1 Å². The Morgan fingerprint density at radius 3 is 2.55 bits per heavy atom. The summed E-state index contributed by atoms with van der Waals surface area (Å²) < 4.78 is 33.2. The molecular formula is C23H28N4O5S. The molecule has 3 unspecified atom stereocenters. The van der Waals surface area contributed by atoms with Crippen LogP contribution < -0.4 is 11.1 Å². The maximum atomic E-state index is 13.2. The largest absolute Gasteiger partial charge is 0.369 e. The number of amides is 2. The van der Waals surface area contributed by atoms with Crippen molar-refractivity contribution in [1.82, 2.24) is 9.62 Å². The zero-order chi connectivity index (χ0) is 23.4. The van der Waals surface area contributed by atoms with E-state index in [1.807, 2.05) is 6.07 Å². The van der Waals surface area contributed by atoms with Crippen LogP contribution in [0.4, 0.5) is 0 Å². The molecule has 0 radical (unpaired) electrons. The number of benzene rings is 1. The maximum absolute atomic E-state index is 13.2. The monoisotopic (exact) mass is 472 g/mol. The Morgan fingerprint density at radius 1 is 1.18 bits per heavy atom. The van der Waals surface area contributed by atoms with Gasteiger partial charge in [0.1, 0.15) is 12.2 Å². The summed E-state index contributed by atoms with van der Waals surface area (Å²) in [4.78, 5) is 25.2. The van der Waals surface area contributed by atoms with E-state index in [1.54, 1.807) is 12.1 Å². The number of rotatable bonds is 5. The van der Waals surface area contributed by atoms with E-state index in [2.05, 4.69) is 5.32 Å². The number of nitrogens with two attached hydrogens (primary N) is 1. The van der Waals surface area contributed by atoms with E-state index in [4.69, 9.17) is 10.5 Å². The van der Waals surface area contributed by atoms with Crippen LogP contribution in [0.1, 0.15) is 37.7 Å². The van der Waals surface area contributed by atoms with Crippen LogP contribution in [0, 0.1) is 34.5 Å². The molecule has 5 aliphatic rings. The Bertz CT molecular complexity index is 1110. The smallest absolute Gasteiger partial charge is 0.250 e. The molecule has 1 saturated heterocycles. The average Bonchev–Trinajstić information content (AvgIpc) is 2.80. The Balaban J connectivity index is 1.29. The van der Waals surface area contributed by atoms with Gasteiger partial charge in [-0.1, -0.05) is 12.1 Å². The first-order chi connectivity index (χ1) is 15.7. The zero-order valence-electron chi connectivity index (χ0n) is 18.3. The number of nitrogens with zero attached hydrogens (tertiary/aromatic N) is 2. The van der Waals surface area contributed by atoms with Crippen LogP contribution in [-0.4, -0.2) is 56.4 Å². The van der Waals surface area contributed by atoms with Crippen LogP contribution in [0.25, 0.3) is 0 Å². The maximum Gasteiger partial charge on any atom is 0.250 e. The molecule has 176 valence electrons. The van der Waals surface area contributed by atoms with Crippen LogP contribution >= 0.6 is 0 Å². The number of morpholine rings is 1. The molecule has 1 aliphatic heterocycles. The Morgan fingerprint density at radius 2 is 1.88 bits per heavy atom. The fourth-order valence-corrected chi connectivity index (χ4v) is 8.31. The highest BCUT2D eigenvalue weighted by molar-refractivity contribution is 7.89. The van der Waals surface area contributed by atoms with Gasteiger partial charge in [0.2, 0.25) is 15.9 Å². The molecule has 33 heavy (non-hydrogen) atoms. The number of hydrogen-bond donors (Lipinski definition) is 2. The topological polar surface area (TPSA) is 143 Å². The van der Waals surface area contributed by atoms with Crippen molar-refractivity contribution in [3.05, 3.63) is 29.8 Å². The number of ether oxygens (including phenoxy) is 1. The lowest BCUT2D eigenvalue weighted by Gasteiger charge is -2.59. The summed E-state index contributed by atoms with van der Waals surface area (Å²) in [5, 5.41) is 12.4. The zero-order valence-corrected chi connectivity index (χ0v) is 19.1. The highest BCUT2D eigenvalue weighted by atomic mass is 32.2. The van der Waals surface area contributed by atoms with Crippen molar-refractivity contribution in [3.63, 3.8) is 0 Å². The SMILES string of the molecule is N#Cc1ccccc1S(=O)(=O)N1CCOC(C(=O)NC2C3CC4CC2CC(C(N)=O)(C4)C3)C1. The molecule has 4 bridgehead atoms. The van der Waals surface area contributed by atoms with Crippen molar-refractivity contribution >= 4 is 21.8 Å². The summed E-state index contributed by atoms with van der Waals surface area (Å²) in [5.74, 6) is 0.349. The van der Waals surface area contributed by atoms with E-state index in [9.17, 15) is 23.3 Å². The molecule has 0 aromatic heterocycles. The third-order valence-electron chi connectivity index (χ3n) is 8.05. The van der Waals surface area contributed by atoms with Crippen molar-refractivity contribution in [2.24, 2.45) is 28.9 Å². The van der Waals surface area contributed by atoms with E-state index >= 15 is 0 Å². The highest BCUT2D eigenvalue weighted by Gasteiger charge is 2.58. The predicted octanol–water partition coefficient (Wildman–Crippen LogP) is 0.744. The van der Waals surface area contributed by atoms with Gasteiger partial charge < -0.3 is 15.8 Å². The van der Waals surface area contributed by atoms with Gasteiger partial charge in [0.05, 0.1) is 17.1 Å². The fraction of sp³-hybridized carbons (Fsp3) is 0.609. The first-order valence-electron chi connectivity index (χ1n) is 11.4. The van der Waals surface area contributed by atoms with Gasteiger partial charge in [-0.2, -0.15) is 9.57 Å². The minimum absolute atomic E-state index is 0.0450. The van der Waals surface area contributed by atoms with Gasteiger partial charge in [0.25, 0.3) is 5.91 Å². The van der Waals surface area contributed by atoms with E-state index in [1.165, 1.54) is 16.4 Å². The summed E-state index contributed by atoms with van der Waals surface area (Å²) in [5.41, 5.74) is 5.39. The van der Waals surface area contributed by atoms with Crippen LogP contribution in [0.3, 0.4) is 0 Å². The summed E-state index contributed by atoms with van der Waals surface area (Å²) in [6.45, 7) is 0.101. The molecule has 1 aromatic rings. The minimum atomic E-state index is -3.94. The van der Waals surface area contributed by atoms with Gasteiger partial charge in [-0.05, 0) is 62.0 Å². The van der Waals surface area contributed by atoms with E-state index in [0.717, 1.165) is 19.3 Å². The van der Waals surface area contributed by atoms with Crippen LogP contribution in [-0.2, 0) is 24.3 Å². The molecule has 4 aliphatic carbocycles. The Hall–Kier alpha value is -2.48. The van der Waals surface area contributed by atoms with Gasteiger partial charge >= 0.3 is 0 Å². The van der Waals surface area contributed by atoms with Crippen molar-refractivity contribution in [3.8, 4) is 6.07 Å². The standard InChI is InChI=1S/C23H28N4O5S/c24-12-15-3-1-2-4-19(15)33(30,31)27-5-6-32-18(13-27)21(28)26-20-16-7-14-8-17(20)11-23(9-14,10-16)22(25)29/h1-4,14,16-18,20H,5-11,13H2,(H2,25,29)(H,26,28). The van der Waals surface area contributed by atoms with Crippen LogP contribution in [0.2, 0.25) is 0 Å². The summed E-state index contributed by atoms with van der Waals surface area (Å²) in [6.07, 6.45) is 3.30. The normalized spacial score (nSPS) is 35.7. The summed E-state index contributed by atoms with van der Waals surface area (Å²) in [7, 11) is -3.94. The first kappa shape index (κ1) is 22.3. The molecule has 2 amide bonds. The summed E-state index contributed by atoms with van der Waals surface area (Å²) >= 11 is 0. The lowest BCUT2D eigenvalue weighted by atomic mass is 9.47. The second-order valence-electron chi connectivity index (χ2n) is 9.98. The molecule has 6 rings (SSSR count). The number of carbonyl (C=O) groups excluding carboxylic acids is 2. The number of nitriles is 1. The predicted molar refractivity (Wildman–Crippen MR) is 117 cm³/mol. The third-order valence-corrected chi connectivity index (χ3v) is 9.98. The van der Waals surface area contributed by atoms with Crippen molar-refractivity contribution in [2.75, 3.05) is 19.7 Å². The molecule has 1 aromatic carbocycles. The van der Waals surface area contributed by atoms with E-state index in [-0.39, 0.29) is 59.8 Å². The van der Waals surface area contributed by atoms with Gasteiger partial charge in [-0.25, -0.2) is 8.42 Å². The Labute approximate surface area is 193 Å². The van der Waals surface area contributed by atoms with E-state index in [0.29, 0.717) is 18.8 Å². The van der Waals surface area contributed by atoms with Crippen LogP contribution in [0.15, 0.2) is 29.2 Å². The quantitative estimate of drug-likeness (QED) is 0.647. The molecule has 5 fully saturated rings. The average molecular weight is 473 g/mol. The Kier molecular flexibility index (Phi) is 5.46. The van der Waals surface area contributed by atoms with Gasteiger partial charge in [0.15, 0.2) is 0 Å². The molecule has 0 spiro atoms. The molecule has 3 N–H and O–H groups in total. The number of sulfonamides is 1. The fourth-order valence-electron chi connectivity index (χ4n) is 6.74. The lowest BCUT2D eigenvalue weighted by molar-refractivity contribution is -0.150. The minimum Gasteiger partial charge on any atom is -0.369 e. The second-order valence-corrected chi connectivity index (χ2v) is 11.9. The third kappa shape index (κ3) is 3.72. The second kappa shape index (κ2) is 8.08. The van der Waals surface area contributed by atoms with Crippen molar-refractivity contribution in [1.29, 1.82) is 5.26 Å². The molecule has 4 saturated carbocycles.